The molecule has 0 unspecified atom stereocenters. The van der Waals surface area contributed by atoms with Crippen LogP contribution >= 0.6 is 27.7 Å². The lowest BCUT2D eigenvalue weighted by Gasteiger charge is -2.17. The molecule has 0 aliphatic heterocycles. The van der Waals surface area contributed by atoms with Gasteiger partial charge in [-0.1, -0.05) is 43.8 Å². The Balaban J connectivity index is 2.10. The second kappa shape index (κ2) is 11.3. The number of hydrogen-bond acceptors (Lipinski definition) is 4. The van der Waals surface area contributed by atoms with Gasteiger partial charge >= 0.3 is 5.97 Å². The van der Waals surface area contributed by atoms with Crippen LogP contribution in [-0.2, 0) is 16.0 Å². The summed E-state index contributed by atoms with van der Waals surface area (Å²) in [5.74, 6) is -0.326. The van der Waals surface area contributed by atoms with Gasteiger partial charge in [0, 0.05) is 20.7 Å². The zero-order valence-corrected chi connectivity index (χ0v) is 19.2. The number of carboxylic acids is 1. The summed E-state index contributed by atoms with van der Waals surface area (Å²) in [4.78, 5) is 25.8. The SMILES string of the molecule is COc1ccc(CCC(=O)N[C@@H](CC(C)C)C(=O)O)c(Sc2ccccc2Br)c1. The van der Waals surface area contributed by atoms with Crippen molar-refractivity contribution >= 4 is 39.6 Å². The molecule has 2 rings (SSSR count). The smallest absolute Gasteiger partial charge is 0.326 e. The quantitative estimate of drug-likeness (QED) is 0.492. The van der Waals surface area contributed by atoms with Gasteiger partial charge in [-0.3, -0.25) is 4.79 Å². The Hall–Kier alpha value is -1.99. The number of aryl methyl sites for hydroxylation is 1. The lowest BCUT2D eigenvalue weighted by Crippen LogP contribution is -2.41. The molecule has 0 fully saturated rings. The van der Waals surface area contributed by atoms with Gasteiger partial charge in [0.2, 0.25) is 5.91 Å². The van der Waals surface area contributed by atoms with Crippen LogP contribution in [0.4, 0.5) is 0 Å². The van der Waals surface area contributed by atoms with E-state index in [1.807, 2.05) is 56.3 Å². The van der Waals surface area contributed by atoms with Crippen molar-refractivity contribution in [1.82, 2.24) is 5.32 Å². The van der Waals surface area contributed by atoms with E-state index in [1.165, 1.54) is 0 Å². The number of carboxylic acid groups (broad SMARTS) is 1. The molecule has 29 heavy (non-hydrogen) atoms. The monoisotopic (exact) mass is 479 g/mol. The van der Waals surface area contributed by atoms with E-state index in [-0.39, 0.29) is 18.2 Å². The molecule has 2 N–H and O–H groups in total. The van der Waals surface area contributed by atoms with Crippen molar-refractivity contribution in [3.63, 3.8) is 0 Å². The number of rotatable bonds is 10. The highest BCUT2D eigenvalue weighted by atomic mass is 79.9. The Morgan fingerprint density at radius 3 is 2.52 bits per heavy atom. The highest BCUT2D eigenvalue weighted by Gasteiger charge is 2.21. The molecule has 0 aliphatic carbocycles. The second-order valence-electron chi connectivity index (χ2n) is 7.09. The first-order valence-electron chi connectivity index (χ1n) is 9.41. The topological polar surface area (TPSA) is 75.6 Å². The third-order valence-corrected chi connectivity index (χ3v) is 6.42. The highest BCUT2D eigenvalue weighted by molar-refractivity contribution is 9.10. The summed E-state index contributed by atoms with van der Waals surface area (Å²) >= 11 is 5.16. The van der Waals surface area contributed by atoms with Gasteiger partial charge in [-0.05, 0) is 64.5 Å². The predicted octanol–water partition coefficient (Wildman–Crippen LogP) is 5.16. The van der Waals surface area contributed by atoms with Gasteiger partial charge in [0.15, 0.2) is 0 Å². The Kier molecular flexibility index (Phi) is 9.04. The van der Waals surface area contributed by atoms with E-state index in [1.54, 1.807) is 18.9 Å². The van der Waals surface area contributed by atoms with E-state index in [9.17, 15) is 14.7 Å². The fourth-order valence-electron chi connectivity index (χ4n) is 2.82. The molecule has 2 aromatic rings. The van der Waals surface area contributed by atoms with Crippen LogP contribution in [0.2, 0.25) is 0 Å². The zero-order valence-electron chi connectivity index (χ0n) is 16.8. The molecule has 0 aromatic heterocycles. The Morgan fingerprint density at radius 2 is 1.90 bits per heavy atom. The Bertz CT molecular complexity index is 856. The fourth-order valence-corrected chi connectivity index (χ4v) is 4.37. The number of nitrogens with one attached hydrogen (secondary N) is 1. The highest BCUT2D eigenvalue weighted by Crippen LogP contribution is 2.37. The van der Waals surface area contributed by atoms with Crippen molar-refractivity contribution in [2.75, 3.05) is 7.11 Å². The first-order valence-corrected chi connectivity index (χ1v) is 11.0. The number of amides is 1. The molecule has 0 saturated heterocycles. The zero-order chi connectivity index (χ0) is 21.4. The first kappa shape index (κ1) is 23.3. The normalized spacial score (nSPS) is 11.9. The van der Waals surface area contributed by atoms with Crippen LogP contribution in [0.15, 0.2) is 56.7 Å². The van der Waals surface area contributed by atoms with E-state index in [2.05, 4.69) is 21.2 Å². The number of methoxy groups -OCH3 is 1. The van der Waals surface area contributed by atoms with E-state index >= 15 is 0 Å². The van der Waals surface area contributed by atoms with Crippen molar-refractivity contribution in [2.24, 2.45) is 5.92 Å². The molecule has 1 atom stereocenters. The van der Waals surface area contributed by atoms with Crippen molar-refractivity contribution < 1.29 is 19.4 Å². The van der Waals surface area contributed by atoms with Crippen molar-refractivity contribution in [1.29, 1.82) is 0 Å². The maximum atomic E-state index is 12.3. The molecule has 0 aliphatic rings. The van der Waals surface area contributed by atoms with Crippen molar-refractivity contribution in [2.45, 2.75) is 48.9 Å². The first-order chi connectivity index (χ1) is 13.8. The number of hydrogen-bond donors (Lipinski definition) is 2. The number of carbonyl (C=O) groups is 2. The molecular weight excluding hydrogens is 454 g/mol. The number of aliphatic carboxylic acids is 1. The van der Waals surface area contributed by atoms with Crippen molar-refractivity contribution in [3.05, 3.63) is 52.5 Å². The third kappa shape index (κ3) is 7.40. The number of benzene rings is 2. The van der Waals surface area contributed by atoms with Gasteiger partial charge in [-0.15, -0.1) is 0 Å². The van der Waals surface area contributed by atoms with E-state index in [4.69, 9.17) is 4.74 Å². The minimum absolute atomic E-state index is 0.185. The molecule has 7 heteroatoms. The van der Waals surface area contributed by atoms with Crippen molar-refractivity contribution in [3.8, 4) is 5.75 Å². The second-order valence-corrected chi connectivity index (χ2v) is 9.03. The Labute approximate surface area is 184 Å². The van der Waals surface area contributed by atoms with Gasteiger partial charge < -0.3 is 15.2 Å². The molecule has 0 bridgehead atoms. The fraction of sp³-hybridized carbons (Fsp3) is 0.364. The summed E-state index contributed by atoms with van der Waals surface area (Å²) in [6, 6.07) is 12.9. The van der Waals surface area contributed by atoms with Crippen LogP contribution < -0.4 is 10.1 Å². The molecule has 2 aromatic carbocycles. The summed E-state index contributed by atoms with van der Waals surface area (Å²) in [6.45, 7) is 3.87. The van der Waals surface area contributed by atoms with Crippen LogP contribution in [-0.4, -0.2) is 30.1 Å². The summed E-state index contributed by atoms with van der Waals surface area (Å²) in [6.07, 6.45) is 1.14. The number of halogens is 1. The predicted molar refractivity (Wildman–Crippen MR) is 119 cm³/mol. The lowest BCUT2D eigenvalue weighted by atomic mass is 10.0. The van der Waals surface area contributed by atoms with Crippen LogP contribution in [0.1, 0.15) is 32.3 Å². The molecule has 5 nitrogen and oxygen atoms in total. The minimum Gasteiger partial charge on any atom is -0.497 e. The van der Waals surface area contributed by atoms with Gasteiger partial charge in [0.25, 0.3) is 0 Å². The minimum atomic E-state index is -0.998. The molecule has 0 spiro atoms. The number of ether oxygens (including phenoxy) is 1. The maximum absolute atomic E-state index is 12.3. The summed E-state index contributed by atoms with van der Waals surface area (Å²) in [7, 11) is 1.62. The standard InChI is InChI=1S/C22H26BrNO4S/c1-14(2)12-18(22(26)27)24-21(25)11-9-15-8-10-16(28-3)13-20(15)29-19-7-5-4-6-17(19)23/h4-8,10,13-14,18H,9,11-12H2,1-3H3,(H,24,25)(H,26,27)/t18-/m0/s1. The average Bonchev–Trinajstić information content (AvgIpc) is 2.67. The van der Waals surface area contributed by atoms with E-state index in [0.717, 1.165) is 25.6 Å². The average molecular weight is 480 g/mol. The van der Waals surface area contributed by atoms with Crippen LogP contribution in [0.25, 0.3) is 0 Å². The summed E-state index contributed by atoms with van der Waals surface area (Å²) in [5, 5.41) is 12.0. The molecule has 1 amide bonds. The molecular formula is C22H26BrNO4S. The van der Waals surface area contributed by atoms with Gasteiger partial charge in [-0.25, -0.2) is 4.79 Å². The van der Waals surface area contributed by atoms with Gasteiger partial charge in [0.1, 0.15) is 11.8 Å². The van der Waals surface area contributed by atoms with Crippen LogP contribution in [0, 0.1) is 5.92 Å². The molecule has 0 radical (unpaired) electrons. The third-order valence-electron chi connectivity index (χ3n) is 4.29. The van der Waals surface area contributed by atoms with Crippen LogP contribution in [0.5, 0.6) is 5.75 Å². The van der Waals surface area contributed by atoms with E-state index in [0.29, 0.717) is 12.8 Å². The largest absolute Gasteiger partial charge is 0.497 e. The summed E-state index contributed by atoms with van der Waals surface area (Å²) in [5.41, 5.74) is 1.01. The van der Waals surface area contributed by atoms with Gasteiger partial charge in [-0.2, -0.15) is 0 Å². The summed E-state index contributed by atoms with van der Waals surface area (Å²) < 4.78 is 6.34. The lowest BCUT2D eigenvalue weighted by molar-refractivity contribution is -0.142. The number of carbonyl (C=O) groups excluding carboxylic acids is 1. The maximum Gasteiger partial charge on any atom is 0.326 e. The van der Waals surface area contributed by atoms with Crippen LogP contribution in [0.3, 0.4) is 0 Å². The van der Waals surface area contributed by atoms with Gasteiger partial charge in [0.05, 0.1) is 7.11 Å². The molecule has 0 saturated carbocycles. The van der Waals surface area contributed by atoms with E-state index < -0.39 is 12.0 Å². The molecule has 156 valence electrons. The Morgan fingerprint density at radius 1 is 1.17 bits per heavy atom. The molecule has 0 heterocycles.